The van der Waals surface area contributed by atoms with Crippen molar-refractivity contribution in [1.82, 2.24) is 15.0 Å². The van der Waals surface area contributed by atoms with Crippen molar-refractivity contribution < 1.29 is 9.15 Å². The molecule has 6 heteroatoms. The van der Waals surface area contributed by atoms with E-state index in [9.17, 15) is 0 Å². The van der Waals surface area contributed by atoms with E-state index in [2.05, 4.69) is 146 Å². The second-order valence-corrected chi connectivity index (χ2v) is 16.5. The van der Waals surface area contributed by atoms with Gasteiger partial charge in [0.15, 0.2) is 17.5 Å². The fourth-order valence-corrected chi connectivity index (χ4v) is 10.5. The van der Waals surface area contributed by atoms with Crippen LogP contribution in [0.4, 0.5) is 0 Å². The van der Waals surface area contributed by atoms with Crippen LogP contribution in [-0.4, -0.2) is 21.1 Å². The Morgan fingerprint density at radius 2 is 1.14 bits per heavy atom. The molecule has 0 saturated heterocycles. The molecule has 0 spiro atoms. The number of nitrogens with zero attached hydrogens (tertiary/aromatic N) is 3. The lowest BCUT2D eigenvalue weighted by molar-refractivity contribution is 0.281. The lowest BCUT2D eigenvalue weighted by Crippen LogP contribution is -2.25. The fraction of sp³-hybridized carbons (Fsp3) is 0.0377. The largest absolute Gasteiger partial charge is 0.484 e. The molecule has 0 N–H and O–H groups in total. The molecule has 2 unspecified atom stereocenters. The second-order valence-electron chi connectivity index (χ2n) is 15.4. The highest BCUT2D eigenvalue weighted by molar-refractivity contribution is 7.25. The third-order valence-electron chi connectivity index (χ3n) is 12.1. The molecule has 0 fully saturated rings. The molecule has 0 bridgehead atoms. The number of furan rings is 1. The molecule has 4 heterocycles. The average Bonchev–Trinajstić information content (AvgIpc) is 4.00. The number of fused-ring (bicyclic) bond motifs is 12. The van der Waals surface area contributed by atoms with Gasteiger partial charge in [-0.15, -0.1) is 11.3 Å². The van der Waals surface area contributed by atoms with Crippen LogP contribution in [0, 0.1) is 0 Å². The first kappa shape index (κ1) is 32.7. The molecule has 2 atom stereocenters. The van der Waals surface area contributed by atoms with E-state index in [1.165, 1.54) is 41.9 Å². The Bertz CT molecular complexity index is 3630. The van der Waals surface area contributed by atoms with Crippen LogP contribution in [0.1, 0.15) is 22.9 Å². The average molecular weight is 774 g/mol. The lowest BCUT2D eigenvalue weighted by Gasteiger charge is -2.28. The van der Waals surface area contributed by atoms with E-state index in [0.717, 1.165) is 60.9 Å². The maximum Gasteiger partial charge on any atom is 0.164 e. The van der Waals surface area contributed by atoms with Crippen molar-refractivity contribution in [3.63, 3.8) is 0 Å². The number of hydrogen-bond donors (Lipinski definition) is 0. The number of hydrogen-bond acceptors (Lipinski definition) is 6. The summed E-state index contributed by atoms with van der Waals surface area (Å²) in [5.41, 5.74) is 7.97. The molecule has 1 aliphatic heterocycles. The molecule has 59 heavy (non-hydrogen) atoms. The molecule has 1 aliphatic carbocycles. The Labute approximate surface area is 342 Å². The van der Waals surface area contributed by atoms with Crippen LogP contribution in [0.5, 0.6) is 5.75 Å². The van der Waals surface area contributed by atoms with Crippen LogP contribution in [0.2, 0.25) is 0 Å². The Hall–Kier alpha value is -7.41. The Balaban J connectivity index is 1.04. The fourth-order valence-electron chi connectivity index (χ4n) is 9.42. The monoisotopic (exact) mass is 773 g/mol. The van der Waals surface area contributed by atoms with Crippen LogP contribution in [0.15, 0.2) is 180 Å². The van der Waals surface area contributed by atoms with E-state index in [-0.39, 0.29) is 12.0 Å². The zero-order valence-electron chi connectivity index (χ0n) is 31.5. The van der Waals surface area contributed by atoms with Gasteiger partial charge in [-0.2, -0.15) is 0 Å². The van der Waals surface area contributed by atoms with E-state index in [0.29, 0.717) is 17.5 Å². The van der Waals surface area contributed by atoms with Crippen molar-refractivity contribution in [3.05, 3.63) is 193 Å². The van der Waals surface area contributed by atoms with Crippen LogP contribution in [0.3, 0.4) is 0 Å². The summed E-state index contributed by atoms with van der Waals surface area (Å²) in [5.74, 6) is 2.59. The van der Waals surface area contributed by atoms with Gasteiger partial charge in [-0.3, -0.25) is 0 Å². The van der Waals surface area contributed by atoms with Crippen LogP contribution in [0.25, 0.3) is 97.6 Å². The Morgan fingerprint density at radius 3 is 2.07 bits per heavy atom. The summed E-state index contributed by atoms with van der Waals surface area (Å²) in [5, 5.41) is 9.39. The summed E-state index contributed by atoms with van der Waals surface area (Å²) >= 11 is 1.84. The van der Waals surface area contributed by atoms with Gasteiger partial charge in [-0.05, 0) is 75.6 Å². The van der Waals surface area contributed by atoms with E-state index >= 15 is 0 Å². The molecule has 2 aliphatic rings. The number of ether oxygens (including phenoxy) is 1. The van der Waals surface area contributed by atoms with Gasteiger partial charge in [0.2, 0.25) is 0 Å². The van der Waals surface area contributed by atoms with Gasteiger partial charge in [0.1, 0.15) is 23.0 Å². The molecule has 276 valence electrons. The first-order chi connectivity index (χ1) is 29.2. The van der Waals surface area contributed by atoms with Gasteiger partial charge in [0.05, 0.1) is 5.92 Å². The van der Waals surface area contributed by atoms with Crippen molar-refractivity contribution in [2.45, 2.75) is 12.0 Å². The minimum Gasteiger partial charge on any atom is -0.484 e. The van der Waals surface area contributed by atoms with Gasteiger partial charge in [-0.25, -0.2) is 15.0 Å². The summed E-state index contributed by atoms with van der Waals surface area (Å²) in [6.45, 7) is 0. The van der Waals surface area contributed by atoms with Crippen LogP contribution >= 0.6 is 11.3 Å². The third kappa shape index (κ3) is 5.00. The summed E-state index contributed by atoms with van der Waals surface area (Å²) in [4.78, 5) is 15.9. The van der Waals surface area contributed by atoms with E-state index in [1.807, 2.05) is 41.7 Å². The molecule has 0 saturated carbocycles. The molecule has 0 amide bonds. The predicted molar refractivity (Wildman–Crippen MR) is 242 cm³/mol. The minimum absolute atomic E-state index is 0.141. The van der Waals surface area contributed by atoms with Gasteiger partial charge in [-0.1, -0.05) is 127 Å². The molecule has 5 nitrogen and oxygen atoms in total. The number of para-hydroxylation sites is 2. The van der Waals surface area contributed by atoms with Gasteiger partial charge in [0, 0.05) is 58.8 Å². The maximum atomic E-state index is 6.97. The van der Waals surface area contributed by atoms with E-state index in [1.54, 1.807) is 0 Å². The van der Waals surface area contributed by atoms with Crippen molar-refractivity contribution in [2.24, 2.45) is 0 Å². The molecule has 11 aromatic rings. The Kier molecular flexibility index (Phi) is 6.94. The number of rotatable bonds is 4. The maximum absolute atomic E-state index is 6.97. The van der Waals surface area contributed by atoms with Crippen molar-refractivity contribution in [2.75, 3.05) is 0 Å². The summed E-state index contributed by atoms with van der Waals surface area (Å²) in [6.07, 6.45) is 4.18. The van der Waals surface area contributed by atoms with Gasteiger partial charge >= 0.3 is 0 Å². The zero-order valence-corrected chi connectivity index (χ0v) is 32.3. The summed E-state index contributed by atoms with van der Waals surface area (Å²) < 4.78 is 15.7. The standard InChI is InChI=1S/C53H31N3O2S/c1-2-11-34-30(10-1)20-21-31-28-32(22-24-35(31)34)51-54-52(33-23-27-45-42(29-33)36-12-3-6-16-43(36)57-45)56-53(55-51)41-26-25-38(50-49(41)39-13-4-7-17-44(39)58-50)37-15-9-19-47-48(37)40-14-5-8-18-46(40)59-47/h1-29,49-50H. The highest BCUT2D eigenvalue weighted by Gasteiger charge is 2.43. The number of aromatic nitrogens is 3. The van der Waals surface area contributed by atoms with Gasteiger partial charge < -0.3 is 9.15 Å². The molecule has 8 aromatic carbocycles. The topological polar surface area (TPSA) is 61.0 Å². The quantitative estimate of drug-likeness (QED) is 0.167. The first-order valence-electron chi connectivity index (χ1n) is 19.9. The van der Waals surface area contributed by atoms with E-state index < -0.39 is 0 Å². The molecule has 3 aromatic heterocycles. The van der Waals surface area contributed by atoms with Crippen molar-refractivity contribution in [3.8, 4) is 28.5 Å². The minimum atomic E-state index is -0.275. The first-order valence-corrected chi connectivity index (χ1v) is 20.7. The number of benzene rings is 8. The lowest BCUT2D eigenvalue weighted by atomic mass is 9.78. The second kappa shape index (κ2) is 12.5. The molecular formula is C53H31N3O2S. The van der Waals surface area contributed by atoms with Crippen LogP contribution in [-0.2, 0) is 0 Å². The third-order valence-corrected chi connectivity index (χ3v) is 13.3. The molecule has 13 rings (SSSR count). The highest BCUT2D eigenvalue weighted by Crippen LogP contribution is 2.53. The highest BCUT2D eigenvalue weighted by atomic mass is 32.1. The molecule has 0 radical (unpaired) electrons. The van der Waals surface area contributed by atoms with Gasteiger partial charge in [0.25, 0.3) is 0 Å². The van der Waals surface area contributed by atoms with E-state index in [4.69, 9.17) is 24.1 Å². The number of thiophene rings is 1. The predicted octanol–water partition coefficient (Wildman–Crippen LogP) is 13.8. The van der Waals surface area contributed by atoms with Crippen molar-refractivity contribution in [1.29, 1.82) is 0 Å². The smallest absolute Gasteiger partial charge is 0.164 e. The van der Waals surface area contributed by atoms with Crippen molar-refractivity contribution >= 4 is 86.1 Å². The Morgan fingerprint density at radius 1 is 0.458 bits per heavy atom. The SMILES string of the molecule is C1=C(c2cccc3sc4ccccc4c23)C2Oc3ccccc3C2C(c2nc(-c3ccc4c(ccc5ccccc54)c3)nc(-c3ccc4oc5ccccc5c4c3)n2)=C1. The van der Waals surface area contributed by atoms with Crippen LogP contribution < -0.4 is 4.74 Å². The normalized spacial score (nSPS) is 16.1. The number of allylic oxidation sites excluding steroid dienone is 2. The zero-order chi connectivity index (χ0) is 38.6. The summed E-state index contributed by atoms with van der Waals surface area (Å²) in [6, 6.07) is 57.5. The summed E-state index contributed by atoms with van der Waals surface area (Å²) in [7, 11) is 0. The molecular weight excluding hydrogens is 743 g/mol.